The van der Waals surface area contributed by atoms with Crippen LogP contribution in [-0.2, 0) is 17.6 Å². The summed E-state index contributed by atoms with van der Waals surface area (Å²) < 4.78 is 50.9. The molecule has 0 unspecified atom stereocenters. The topological polar surface area (TPSA) is 53.3 Å². The van der Waals surface area contributed by atoms with Crippen LogP contribution in [0.25, 0.3) is 11.0 Å². The van der Waals surface area contributed by atoms with Crippen LogP contribution in [0.4, 0.5) is 13.2 Å². The maximum Gasteiger partial charge on any atom is 0.438 e. The van der Waals surface area contributed by atoms with Gasteiger partial charge in [0.25, 0.3) is 5.56 Å². The fourth-order valence-corrected chi connectivity index (χ4v) is 2.96. The van der Waals surface area contributed by atoms with Crippen molar-refractivity contribution >= 4 is 19.1 Å². The van der Waals surface area contributed by atoms with Crippen LogP contribution in [0.15, 0.2) is 23.0 Å². The smallest absolute Gasteiger partial charge is 0.438 e. The summed E-state index contributed by atoms with van der Waals surface area (Å²) in [6.45, 7) is 6.64. The number of aromatic nitrogens is 2. The van der Waals surface area contributed by atoms with E-state index in [1.807, 2.05) is 0 Å². The van der Waals surface area contributed by atoms with Crippen LogP contribution in [0, 0.1) is 0 Å². The largest absolute Gasteiger partial charge is 0.497 e. The maximum absolute atomic E-state index is 13.1. The first-order valence-electron chi connectivity index (χ1n) is 7.76. The third kappa shape index (κ3) is 4.82. The number of ether oxygens (including phenoxy) is 2. The Kier molecular flexibility index (Phi) is 5.57. The van der Waals surface area contributed by atoms with E-state index in [1.165, 1.54) is 19.2 Å². The Morgan fingerprint density at radius 2 is 1.92 bits per heavy atom. The van der Waals surface area contributed by atoms with Crippen molar-refractivity contribution in [1.82, 2.24) is 9.55 Å². The van der Waals surface area contributed by atoms with Crippen molar-refractivity contribution in [1.29, 1.82) is 0 Å². The van der Waals surface area contributed by atoms with Crippen molar-refractivity contribution < 1.29 is 22.6 Å². The second-order valence-corrected chi connectivity index (χ2v) is 12.5. The zero-order valence-electron chi connectivity index (χ0n) is 14.6. The van der Waals surface area contributed by atoms with Crippen LogP contribution >= 0.6 is 0 Å². The maximum atomic E-state index is 13.1. The molecule has 1 heterocycles. The third-order valence-corrected chi connectivity index (χ3v) is 5.34. The molecule has 1 aromatic carbocycles. The lowest BCUT2D eigenvalue weighted by atomic mass is 10.2. The van der Waals surface area contributed by atoms with Crippen molar-refractivity contribution in [3.63, 3.8) is 0 Å². The first-order chi connectivity index (χ1) is 11.5. The number of hydrogen-bond acceptors (Lipinski definition) is 4. The summed E-state index contributed by atoms with van der Waals surface area (Å²) in [5.74, 6) is 0.359. The quantitative estimate of drug-likeness (QED) is 0.571. The van der Waals surface area contributed by atoms with E-state index in [4.69, 9.17) is 9.47 Å². The number of rotatable bonds is 6. The second-order valence-electron chi connectivity index (χ2n) is 6.89. The van der Waals surface area contributed by atoms with Gasteiger partial charge in [-0.2, -0.15) is 13.2 Å². The summed E-state index contributed by atoms with van der Waals surface area (Å²) in [4.78, 5) is 15.7. The number of benzene rings is 1. The predicted molar refractivity (Wildman–Crippen MR) is 91.7 cm³/mol. The molecular formula is C16H21F3N2O3Si. The number of halogens is 3. The Bertz CT molecular complexity index is 813. The number of hydrogen-bond donors (Lipinski definition) is 0. The van der Waals surface area contributed by atoms with Crippen LogP contribution < -0.4 is 10.3 Å². The minimum atomic E-state index is -4.84. The molecule has 0 N–H and O–H groups in total. The van der Waals surface area contributed by atoms with Gasteiger partial charge in [0, 0.05) is 20.7 Å². The third-order valence-electron chi connectivity index (χ3n) is 3.64. The van der Waals surface area contributed by atoms with Crippen molar-refractivity contribution in [2.24, 2.45) is 0 Å². The summed E-state index contributed by atoms with van der Waals surface area (Å²) in [5.41, 5.74) is -2.37. The molecular weight excluding hydrogens is 353 g/mol. The van der Waals surface area contributed by atoms with Gasteiger partial charge in [0.1, 0.15) is 12.5 Å². The first kappa shape index (κ1) is 19.5. The molecule has 0 aliphatic carbocycles. The molecule has 0 spiro atoms. The fraction of sp³-hybridized carbons (Fsp3) is 0.500. The summed E-state index contributed by atoms with van der Waals surface area (Å²) in [6.07, 6.45) is -4.84. The molecule has 0 saturated heterocycles. The minimum Gasteiger partial charge on any atom is -0.497 e. The molecule has 0 saturated carbocycles. The van der Waals surface area contributed by atoms with Gasteiger partial charge in [-0.25, -0.2) is 4.98 Å². The fourth-order valence-electron chi connectivity index (χ4n) is 2.20. The standard InChI is InChI=1S/C16H21F3N2O3Si/c1-23-11-5-6-13-12(9-11)20-14(16(17,18)19)15(22)21(13)10-24-7-8-25(2,3)4/h5-6,9H,7-8,10H2,1-4H3. The molecule has 0 amide bonds. The Morgan fingerprint density at radius 1 is 1.24 bits per heavy atom. The minimum absolute atomic E-state index is 0.0278. The van der Waals surface area contributed by atoms with E-state index in [9.17, 15) is 18.0 Å². The van der Waals surface area contributed by atoms with Crippen LogP contribution in [0.3, 0.4) is 0 Å². The molecule has 0 aliphatic rings. The molecule has 1 aromatic heterocycles. The summed E-state index contributed by atoms with van der Waals surface area (Å²) in [5, 5.41) is 0. The highest BCUT2D eigenvalue weighted by Gasteiger charge is 2.37. The van der Waals surface area contributed by atoms with Crippen LogP contribution in [-0.4, -0.2) is 31.3 Å². The van der Waals surface area contributed by atoms with Gasteiger partial charge in [-0.15, -0.1) is 0 Å². The predicted octanol–water partition coefficient (Wildman–Crippen LogP) is 3.74. The highest BCUT2D eigenvalue weighted by Crippen LogP contribution is 2.27. The highest BCUT2D eigenvalue weighted by atomic mass is 28.3. The van der Waals surface area contributed by atoms with Gasteiger partial charge in [-0.3, -0.25) is 9.36 Å². The normalized spacial score (nSPS) is 12.6. The molecule has 5 nitrogen and oxygen atoms in total. The van der Waals surface area contributed by atoms with Crippen LogP contribution in [0.2, 0.25) is 25.7 Å². The van der Waals surface area contributed by atoms with E-state index in [0.29, 0.717) is 12.4 Å². The Hall–Kier alpha value is -1.87. The Balaban J connectivity index is 2.45. The van der Waals surface area contributed by atoms with Gasteiger partial charge in [0.15, 0.2) is 0 Å². The Morgan fingerprint density at radius 3 is 2.48 bits per heavy atom. The molecule has 9 heteroatoms. The summed E-state index contributed by atoms with van der Waals surface area (Å²) in [7, 11) is 0.0670. The van der Waals surface area contributed by atoms with E-state index < -0.39 is 25.5 Å². The van der Waals surface area contributed by atoms with Crippen molar-refractivity contribution in [2.75, 3.05) is 13.7 Å². The lowest BCUT2D eigenvalue weighted by Gasteiger charge is -2.17. The second kappa shape index (κ2) is 7.16. The van der Waals surface area contributed by atoms with Crippen molar-refractivity contribution in [3.8, 4) is 5.75 Å². The van der Waals surface area contributed by atoms with Crippen LogP contribution in [0.5, 0.6) is 5.75 Å². The lowest BCUT2D eigenvalue weighted by Crippen LogP contribution is -2.32. The van der Waals surface area contributed by atoms with E-state index in [2.05, 4.69) is 24.6 Å². The molecule has 0 atom stereocenters. The average Bonchev–Trinajstić information content (AvgIpc) is 2.50. The zero-order chi connectivity index (χ0) is 18.8. The van der Waals surface area contributed by atoms with Gasteiger partial charge in [-0.05, 0) is 18.2 Å². The number of nitrogens with zero attached hydrogens (tertiary/aromatic N) is 2. The molecule has 0 aliphatic heterocycles. The van der Waals surface area contributed by atoms with E-state index in [0.717, 1.165) is 10.6 Å². The average molecular weight is 374 g/mol. The van der Waals surface area contributed by atoms with Crippen molar-refractivity contribution in [2.45, 2.75) is 38.6 Å². The van der Waals surface area contributed by atoms with Gasteiger partial charge < -0.3 is 9.47 Å². The molecule has 25 heavy (non-hydrogen) atoms. The number of methoxy groups -OCH3 is 1. The SMILES string of the molecule is COc1ccc2c(c1)nc(C(F)(F)F)c(=O)n2COCC[Si](C)(C)C. The number of alkyl halides is 3. The molecule has 2 rings (SSSR count). The molecule has 0 radical (unpaired) electrons. The zero-order valence-corrected chi connectivity index (χ0v) is 15.6. The number of fused-ring (bicyclic) bond motifs is 1. The van der Waals surface area contributed by atoms with Crippen molar-refractivity contribution in [3.05, 3.63) is 34.2 Å². The molecule has 138 valence electrons. The van der Waals surface area contributed by atoms with Gasteiger partial charge in [0.2, 0.25) is 5.69 Å². The lowest BCUT2D eigenvalue weighted by molar-refractivity contribution is -0.142. The highest BCUT2D eigenvalue weighted by molar-refractivity contribution is 6.76. The first-order valence-corrected chi connectivity index (χ1v) is 11.5. The molecule has 0 bridgehead atoms. The summed E-state index contributed by atoms with van der Waals surface area (Å²) in [6, 6.07) is 5.28. The van der Waals surface area contributed by atoms with E-state index >= 15 is 0 Å². The van der Waals surface area contributed by atoms with E-state index in [1.54, 1.807) is 6.07 Å². The van der Waals surface area contributed by atoms with Gasteiger partial charge in [-0.1, -0.05) is 19.6 Å². The Labute approximate surface area is 144 Å². The van der Waals surface area contributed by atoms with Gasteiger partial charge >= 0.3 is 6.18 Å². The van der Waals surface area contributed by atoms with Crippen LogP contribution in [0.1, 0.15) is 5.69 Å². The monoisotopic (exact) mass is 374 g/mol. The molecule has 0 fully saturated rings. The molecule has 2 aromatic rings. The van der Waals surface area contributed by atoms with E-state index in [-0.39, 0.29) is 17.8 Å². The summed E-state index contributed by atoms with van der Waals surface area (Å²) >= 11 is 0. The van der Waals surface area contributed by atoms with Gasteiger partial charge in [0.05, 0.1) is 18.1 Å².